The Labute approximate surface area is 279 Å². The van der Waals surface area contributed by atoms with Gasteiger partial charge in [-0.3, -0.25) is 14.4 Å². The number of allylic oxidation sites excluding steroid dienone is 1. The van der Waals surface area contributed by atoms with Crippen molar-refractivity contribution in [3.8, 4) is 0 Å². The van der Waals surface area contributed by atoms with Gasteiger partial charge in [0.1, 0.15) is 22.2 Å². The molecule has 5 N–H and O–H groups in total. The number of rotatable bonds is 13. The molecule has 0 radical (unpaired) electrons. The fraction of sp³-hybridized carbons (Fsp3) is 0.526. The lowest BCUT2D eigenvalue weighted by atomic mass is 9.67. The largest absolute Gasteiger partial charge is 0.467 e. The molecule has 3 heterocycles. The minimum absolute atomic E-state index is 0.0210. The molecule has 0 bridgehead atoms. The molecule has 1 aromatic carbocycles. The molecular formula is C38H52N4O5. The van der Waals surface area contributed by atoms with E-state index in [2.05, 4.69) is 35.9 Å². The number of hydrogen-bond acceptors (Lipinski definition) is 9. The van der Waals surface area contributed by atoms with Crippen molar-refractivity contribution in [2.24, 2.45) is 23.5 Å². The van der Waals surface area contributed by atoms with Gasteiger partial charge in [0.2, 0.25) is 0 Å². The predicted octanol–water partition coefficient (Wildman–Crippen LogP) is 4.59. The van der Waals surface area contributed by atoms with Crippen molar-refractivity contribution in [3.05, 3.63) is 82.9 Å². The molecule has 4 rings (SSSR count). The second-order valence-corrected chi connectivity index (χ2v) is 14.9. The third-order valence-corrected chi connectivity index (χ3v) is 9.75. The van der Waals surface area contributed by atoms with E-state index in [1.165, 1.54) is 13.3 Å². The monoisotopic (exact) mass is 644 g/mol. The van der Waals surface area contributed by atoms with Gasteiger partial charge in [-0.2, -0.15) is 0 Å². The molecule has 3 aliphatic heterocycles. The standard InChI is InChI=1S/C38H52N4O5/c1-23(2)15-16-35(17-24(3)4)31(43)29(21-40-35)37(18-25(5)6)32(44)30(22-41-37)38(26(7)8)33(45)28(20-42-38)36(39,34(46)47-9)19-27-13-11-10-12-14-27/h10-15,20-22,24-26,40-42H,16-19,39H2,1-9H3/t35-,36+,37+,38+/m1/s1. The minimum atomic E-state index is -1.81. The lowest BCUT2D eigenvalue weighted by Crippen LogP contribution is -2.60. The Morgan fingerprint density at radius 2 is 1.47 bits per heavy atom. The first-order valence-corrected chi connectivity index (χ1v) is 16.6. The fourth-order valence-corrected chi connectivity index (χ4v) is 7.48. The lowest BCUT2D eigenvalue weighted by Gasteiger charge is -2.38. The molecular weight excluding hydrogens is 592 g/mol. The topological polar surface area (TPSA) is 140 Å². The van der Waals surface area contributed by atoms with E-state index in [1.807, 2.05) is 71.9 Å². The molecule has 0 spiro atoms. The molecule has 0 fully saturated rings. The van der Waals surface area contributed by atoms with Crippen LogP contribution in [-0.4, -0.2) is 52.6 Å². The molecule has 9 nitrogen and oxygen atoms in total. The third-order valence-electron chi connectivity index (χ3n) is 9.75. The molecule has 0 saturated heterocycles. The molecule has 9 heteroatoms. The van der Waals surface area contributed by atoms with E-state index >= 15 is 0 Å². The maximum Gasteiger partial charge on any atom is 0.331 e. The van der Waals surface area contributed by atoms with Gasteiger partial charge in [0.25, 0.3) is 0 Å². The molecule has 0 aliphatic carbocycles. The number of benzene rings is 1. The number of methoxy groups -OCH3 is 1. The second kappa shape index (κ2) is 13.3. The first-order chi connectivity index (χ1) is 22.0. The molecule has 0 amide bonds. The van der Waals surface area contributed by atoms with Gasteiger partial charge in [-0.15, -0.1) is 0 Å². The summed E-state index contributed by atoms with van der Waals surface area (Å²) in [5.41, 5.74) is 3.68. The van der Waals surface area contributed by atoms with Crippen LogP contribution in [0.4, 0.5) is 0 Å². The van der Waals surface area contributed by atoms with E-state index in [9.17, 15) is 19.2 Å². The summed E-state index contributed by atoms with van der Waals surface area (Å²) >= 11 is 0. The Balaban J connectivity index is 1.76. The number of nitrogens with two attached hydrogens (primary N) is 1. The highest BCUT2D eigenvalue weighted by Gasteiger charge is 2.63. The highest BCUT2D eigenvalue weighted by atomic mass is 16.5. The van der Waals surface area contributed by atoms with Gasteiger partial charge in [-0.05, 0) is 56.4 Å². The number of esters is 1. The van der Waals surface area contributed by atoms with Gasteiger partial charge >= 0.3 is 5.97 Å². The Bertz CT molecular complexity index is 1550. The van der Waals surface area contributed by atoms with Crippen LogP contribution < -0.4 is 21.7 Å². The molecule has 1 aromatic rings. The Morgan fingerprint density at radius 3 is 2.02 bits per heavy atom. The van der Waals surface area contributed by atoms with Crippen LogP contribution in [0.15, 0.2) is 77.3 Å². The van der Waals surface area contributed by atoms with Crippen molar-refractivity contribution in [3.63, 3.8) is 0 Å². The molecule has 0 saturated carbocycles. The quantitative estimate of drug-likeness (QED) is 0.179. The van der Waals surface area contributed by atoms with Crippen LogP contribution in [0, 0.1) is 17.8 Å². The number of Topliss-reactive ketones (excluding diaryl/α,β-unsaturated/α-hetero) is 3. The summed E-state index contributed by atoms with van der Waals surface area (Å²) in [4.78, 5) is 57.5. The van der Waals surface area contributed by atoms with Crippen LogP contribution in [0.5, 0.6) is 0 Å². The zero-order valence-electron chi connectivity index (χ0n) is 29.4. The normalized spacial score (nSPS) is 26.8. The Kier molecular flexibility index (Phi) is 10.1. The minimum Gasteiger partial charge on any atom is -0.467 e. The summed E-state index contributed by atoms with van der Waals surface area (Å²) in [6, 6.07) is 9.18. The van der Waals surface area contributed by atoms with Crippen molar-refractivity contribution in [1.29, 1.82) is 0 Å². The summed E-state index contributed by atoms with van der Waals surface area (Å²) < 4.78 is 5.13. The van der Waals surface area contributed by atoms with Gasteiger partial charge in [0, 0.05) is 41.7 Å². The maximum atomic E-state index is 15.0. The number of carbonyl (C=O) groups is 4. The fourth-order valence-electron chi connectivity index (χ4n) is 7.48. The van der Waals surface area contributed by atoms with E-state index < -0.39 is 39.8 Å². The highest BCUT2D eigenvalue weighted by Crippen LogP contribution is 2.46. The first-order valence-electron chi connectivity index (χ1n) is 16.6. The van der Waals surface area contributed by atoms with Gasteiger partial charge in [-0.1, -0.05) is 83.5 Å². The number of nitrogens with one attached hydrogen (secondary N) is 3. The maximum absolute atomic E-state index is 15.0. The number of carbonyl (C=O) groups excluding carboxylic acids is 4. The van der Waals surface area contributed by atoms with Crippen molar-refractivity contribution in [2.45, 2.75) is 103 Å². The van der Waals surface area contributed by atoms with Gasteiger partial charge in [-0.25, -0.2) is 4.79 Å². The molecule has 3 aliphatic rings. The van der Waals surface area contributed by atoms with Crippen molar-refractivity contribution in [1.82, 2.24) is 16.0 Å². The molecule has 254 valence electrons. The summed E-state index contributed by atoms with van der Waals surface area (Å²) in [5.74, 6) is -1.86. The molecule has 0 unspecified atom stereocenters. The van der Waals surface area contributed by atoms with Gasteiger partial charge < -0.3 is 26.4 Å². The molecule has 47 heavy (non-hydrogen) atoms. The summed E-state index contributed by atoms with van der Waals surface area (Å²) in [6.07, 6.45) is 8.28. The van der Waals surface area contributed by atoms with Crippen LogP contribution in [0.3, 0.4) is 0 Å². The Morgan fingerprint density at radius 1 is 0.851 bits per heavy atom. The molecule has 4 atom stereocenters. The number of ketones is 3. The third kappa shape index (κ3) is 6.10. The zero-order valence-corrected chi connectivity index (χ0v) is 29.4. The first kappa shape index (κ1) is 35.9. The van der Waals surface area contributed by atoms with Crippen molar-refractivity contribution >= 4 is 23.3 Å². The zero-order chi connectivity index (χ0) is 34.9. The van der Waals surface area contributed by atoms with Crippen molar-refractivity contribution < 1.29 is 23.9 Å². The Hall–Kier alpha value is -3.98. The van der Waals surface area contributed by atoms with E-state index in [4.69, 9.17) is 10.5 Å². The SMILES string of the molecule is COC(=O)[C@](N)(Cc1ccccc1)C1=CN[C@](C2=CN[C@@](CC(C)C)(C3=CN[C@](CC=C(C)C)(CC(C)C)C3=O)C2=O)(C(C)C)C1=O. The lowest BCUT2D eigenvalue weighted by molar-refractivity contribution is -0.146. The number of hydrogen-bond donors (Lipinski definition) is 4. The summed E-state index contributed by atoms with van der Waals surface area (Å²) in [7, 11) is 1.24. The van der Waals surface area contributed by atoms with E-state index in [0.717, 1.165) is 11.1 Å². The average molecular weight is 645 g/mol. The van der Waals surface area contributed by atoms with Crippen LogP contribution in [0.25, 0.3) is 0 Å². The van der Waals surface area contributed by atoms with Gasteiger partial charge in [0.15, 0.2) is 17.3 Å². The van der Waals surface area contributed by atoms with Crippen LogP contribution in [0.1, 0.15) is 80.2 Å². The van der Waals surface area contributed by atoms with Crippen LogP contribution >= 0.6 is 0 Å². The van der Waals surface area contributed by atoms with Crippen LogP contribution in [-0.2, 0) is 30.3 Å². The second-order valence-electron chi connectivity index (χ2n) is 14.9. The highest BCUT2D eigenvalue weighted by molar-refractivity contribution is 6.24. The van der Waals surface area contributed by atoms with E-state index in [1.54, 1.807) is 12.4 Å². The average Bonchev–Trinajstić information content (AvgIpc) is 3.63. The van der Waals surface area contributed by atoms with E-state index in [-0.39, 0.29) is 41.0 Å². The summed E-state index contributed by atoms with van der Waals surface area (Å²) in [5, 5.41) is 9.98. The van der Waals surface area contributed by atoms with Crippen LogP contribution in [0.2, 0.25) is 0 Å². The predicted molar refractivity (Wildman–Crippen MR) is 184 cm³/mol. The smallest absolute Gasteiger partial charge is 0.331 e. The van der Waals surface area contributed by atoms with Gasteiger partial charge in [0.05, 0.1) is 7.11 Å². The van der Waals surface area contributed by atoms with E-state index in [0.29, 0.717) is 24.8 Å². The summed E-state index contributed by atoms with van der Waals surface area (Å²) in [6.45, 7) is 15.9. The van der Waals surface area contributed by atoms with Crippen molar-refractivity contribution in [2.75, 3.05) is 7.11 Å². The number of ether oxygens (including phenoxy) is 1. The molecule has 0 aromatic heterocycles.